The van der Waals surface area contributed by atoms with Crippen LogP contribution in [0.15, 0.2) is 24.5 Å². The lowest BCUT2D eigenvalue weighted by atomic mass is 10.3. The Bertz CT molecular complexity index is 527. The van der Waals surface area contributed by atoms with E-state index in [1.807, 2.05) is 29.9 Å². The van der Waals surface area contributed by atoms with Gasteiger partial charge in [0.15, 0.2) is 0 Å². The highest BCUT2D eigenvalue weighted by molar-refractivity contribution is 5.93. The van der Waals surface area contributed by atoms with Crippen LogP contribution in [-0.4, -0.2) is 32.5 Å². The molecule has 2 rings (SSSR count). The highest BCUT2D eigenvalue weighted by atomic mass is 16.4. The number of hydrogen-bond donors (Lipinski definition) is 2. The maximum atomic E-state index is 10.9. The number of aromatic carboxylic acids is 1. The number of aryl methyl sites for hydroxylation is 1. The van der Waals surface area contributed by atoms with Crippen LogP contribution in [0.5, 0.6) is 0 Å². The number of nitrogens with one attached hydrogen (secondary N) is 1. The molecule has 6 heteroatoms. The zero-order valence-corrected chi connectivity index (χ0v) is 9.01. The van der Waals surface area contributed by atoms with Gasteiger partial charge in [0.1, 0.15) is 17.2 Å². The second kappa shape index (κ2) is 3.73. The summed E-state index contributed by atoms with van der Waals surface area (Å²) in [5.41, 5.74) is 0.156. The van der Waals surface area contributed by atoms with Crippen molar-refractivity contribution in [3.63, 3.8) is 0 Å². The van der Waals surface area contributed by atoms with Crippen molar-refractivity contribution in [1.82, 2.24) is 14.3 Å². The second-order valence-corrected chi connectivity index (χ2v) is 3.35. The summed E-state index contributed by atoms with van der Waals surface area (Å²) in [5.74, 6) is 0.274. The Morgan fingerprint density at radius 2 is 2.31 bits per heavy atom. The van der Waals surface area contributed by atoms with Crippen molar-refractivity contribution < 1.29 is 9.90 Å². The fourth-order valence-corrected chi connectivity index (χ4v) is 1.59. The van der Waals surface area contributed by atoms with E-state index in [4.69, 9.17) is 5.11 Å². The van der Waals surface area contributed by atoms with E-state index in [0.29, 0.717) is 5.82 Å². The first-order valence-corrected chi connectivity index (χ1v) is 4.76. The van der Waals surface area contributed by atoms with E-state index in [2.05, 4.69) is 10.4 Å². The molecule has 0 radical (unpaired) electrons. The largest absolute Gasteiger partial charge is 0.477 e. The Hall–Kier alpha value is -2.24. The van der Waals surface area contributed by atoms with Crippen molar-refractivity contribution in [2.24, 2.45) is 7.05 Å². The third-order valence-corrected chi connectivity index (χ3v) is 2.37. The van der Waals surface area contributed by atoms with Gasteiger partial charge in [0.25, 0.3) is 0 Å². The molecule has 0 bridgehead atoms. The van der Waals surface area contributed by atoms with Gasteiger partial charge in [-0.1, -0.05) is 0 Å². The standard InChI is InChI=1S/C10H12N4O2/c1-11-9-7(10(15)16)6-12-14(9)8-4-3-5-13(8)2/h3-6,11H,1-2H3,(H,15,16). The van der Waals surface area contributed by atoms with Crippen LogP contribution < -0.4 is 5.32 Å². The molecule has 2 N–H and O–H groups in total. The Kier molecular flexibility index (Phi) is 2.40. The number of carboxylic acid groups (broad SMARTS) is 1. The van der Waals surface area contributed by atoms with E-state index in [9.17, 15) is 4.79 Å². The number of anilines is 1. The van der Waals surface area contributed by atoms with E-state index >= 15 is 0 Å². The molecule has 0 unspecified atom stereocenters. The molecule has 2 aromatic heterocycles. The van der Waals surface area contributed by atoms with Crippen LogP contribution >= 0.6 is 0 Å². The molecule has 0 aliphatic rings. The molecule has 0 aromatic carbocycles. The van der Waals surface area contributed by atoms with E-state index in [1.165, 1.54) is 6.20 Å². The molecular weight excluding hydrogens is 208 g/mol. The third kappa shape index (κ3) is 1.44. The van der Waals surface area contributed by atoms with Crippen molar-refractivity contribution in [1.29, 1.82) is 0 Å². The van der Waals surface area contributed by atoms with Crippen molar-refractivity contribution in [2.75, 3.05) is 12.4 Å². The fourth-order valence-electron chi connectivity index (χ4n) is 1.59. The van der Waals surface area contributed by atoms with Crippen LogP contribution in [0.3, 0.4) is 0 Å². The van der Waals surface area contributed by atoms with E-state index in [0.717, 1.165) is 5.82 Å². The number of carboxylic acids is 1. The van der Waals surface area contributed by atoms with E-state index in [1.54, 1.807) is 11.7 Å². The van der Waals surface area contributed by atoms with Crippen molar-refractivity contribution >= 4 is 11.8 Å². The summed E-state index contributed by atoms with van der Waals surface area (Å²) in [6, 6.07) is 3.73. The summed E-state index contributed by atoms with van der Waals surface area (Å²) in [6.07, 6.45) is 3.21. The third-order valence-electron chi connectivity index (χ3n) is 2.37. The van der Waals surface area contributed by atoms with Crippen molar-refractivity contribution in [2.45, 2.75) is 0 Å². The van der Waals surface area contributed by atoms with Crippen LogP contribution in [0, 0.1) is 0 Å². The van der Waals surface area contributed by atoms with Crippen LogP contribution in [0.2, 0.25) is 0 Å². The molecule has 2 heterocycles. The minimum Gasteiger partial charge on any atom is -0.477 e. The molecule has 0 spiro atoms. The first-order valence-electron chi connectivity index (χ1n) is 4.76. The van der Waals surface area contributed by atoms with Gasteiger partial charge in [-0.25, -0.2) is 9.48 Å². The zero-order valence-electron chi connectivity index (χ0n) is 9.01. The Morgan fingerprint density at radius 1 is 1.56 bits per heavy atom. The predicted molar refractivity (Wildman–Crippen MR) is 59.0 cm³/mol. The van der Waals surface area contributed by atoms with Crippen molar-refractivity contribution in [3.8, 4) is 5.82 Å². The van der Waals surface area contributed by atoms with Gasteiger partial charge in [0.2, 0.25) is 0 Å². The molecule has 6 nitrogen and oxygen atoms in total. The summed E-state index contributed by atoms with van der Waals surface area (Å²) in [4.78, 5) is 10.9. The number of nitrogens with zero attached hydrogens (tertiary/aromatic N) is 3. The van der Waals surface area contributed by atoms with Gasteiger partial charge in [-0.2, -0.15) is 5.10 Å². The Morgan fingerprint density at radius 3 is 2.81 bits per heavy atom. The zero-order chi connectivity index (χ0) is 11.7. The fraction of sp³-hybridized carbons (Fsp3) is 0.200. The predicted octanol–water partition coefficient (Wildman–Crippen LogP) is 0.951. The molecule has 0 aliphatic heterocycles. The topological polar surface area (TPSA) is 72.1 Å². The quantitative estimate of drug-likeness (QED) is 0.807. The van der Waals surface area contributed by atoms with Gasteiger partial charge < -0.3 is 15.0 Å². The normalized spacial score (nSPS) is 10.4. The Balaban J connectivity index is 2.59. The molecule has 84 valence electrons. The highest BCUT2D eigenvalue weighted by Gasteiger charge is 2.17. The van der Waals surface area contributed by atoms with Crippen LogP contribution in [0.4, 0.5) is 5.82 Å². The number of hydrogen-bond acceptors (Lipinski definition) is 3. The highest BCUT2D eigenvalue weighted by Crippen LogP contribution is 2.19. The monoisotopic (exact) mass is 220 g/mol. The number of carbonyl (C=O) groups is 1. The number of aromatic nitrogens is 3. The minimum atomic E-state index is -0.996. The lowest BCUT2D eigenvalue weighted by molar-refractivity contribution is 0.0698. The summed E-state index contributed by atoms with van der Waals surface area (Å²) in [7, 11) is 3.54. The maximum Gasteiger partial charge on any atom is 0.341 e. The molecular formula is C10H12N4O2. The van der Waals surface area contributed by atoms with E-state index in [-0.39, 0.29) is 5.56 Å². The minimum absolute atomic E-state index is 0.156. The molecule has 0 aliphatic carbocycles. The molecule has 16 heavy (non-hydrogen) atoms. The summed E-state index contributed by atoms with van der Waals surface area (Å²) in [6.45, 7) is 0. The average molecular weight is 220 g/mol. The first kappa shape index (κ1) is 10.3. The van der Waals surface area contributed by atoms with Crippen LogP contribution in [-0.2, 0) is 7.05 Å². The smallest absolute Gasteiger partial charge is 0.341 e. The van der Waals surface area contributed by atoms with Crippen LogP contribution in [0.1, 0.15) is 10.4 Å². The summed E-state index contributed by atoms with van der Waals surface area (Å²) >= 11 is 0. The molecule has 0 amide bonds. The molecule has 2 aromatic rings. The first-order chi connectivity index (χ1) is 7.65. The van der Waals surface area contributed by atoms with Gasteiger partial charge in [0, 0.05) is 20.3 Å². The molecule has 0 atom stereocenters. The molecule has 0 saturated carbocycles. The maximum absolute atomic E-state index is 10.9. The number of rotatable bonds is 3. The lowest BCUT2D eigenvalue weighted by Crippen LogP contribution is -2.08. The van der Waals surface area contributed by atoms with Crippen molar-refractivity contribution in [3.05, 3.63) is 30.1 Å². The second-order valence-electron chi connectivity index (χ2n) is 3.35. The molecule has 0 saturated heterocycles. The molecule has 0 fully saturated rings. The van der Waals surface area contributed by atoms with E-state index < -0.39 is 5.97 Å². The summed E-state index contributed by atoms with van der Waals surface area (Å²) < 4.78 is 3.42. The summed E-state index contributed by atoms with van der Waals surface area (Å²) in [5, 5.41) is 15.9. The average Bonchev–Trinajstić information content (AvgIpc) is 2.82. The van der Waals surface area contributed by atoms with Gasteiger partial charge in [-0.05, 0) is 12.1 Å². The van der Waals surface area contributed by atoms with Gasteiger partial charge in [-0.3, -0.25) is 0 Å². The SMILES string of the molecule is CNc1c(C(=O)O)cnn1-c1cccn1C. The van der Waals surface area contributed by atoms with Gasteiger partial charge in [-0.15, -0.1) is 0 Å². The Labute approximate surface area is 92.1 Å². The van der Waals surface area contributed by atoms with Crippen LogP contribution in [0.25, 0.3) is 5.82 Å². The van der Waals surface area contributed by atoms with Gasteiger partial charge >= 0.3 is 5.97 Å². The lowest BCUT2D eigenvalue weighted by Gasteiger charge is -2.08. The van der Waals surface area contributed by atoms with Gasteiger partial charge in [0.05, 0.1) is 6.20 Å².